The van der Waals surface area contributed by atoms with E-state index in [0.717, 1.165) is 4.43 Å². The first kappa shape index (κ1) is 10.1. The number of aliphatic imine (C=N–C) groups is 1. The van der Waals surface area contributed by atoms with E-state index in [1.807, 2.05) is 0 Å². The molecule has 1 nitrogen and oxygen atoms in total. The average molecular weight is 299 g/mol. The van der Waals surface area contributed by atoms with E-state index in [2.05, 4.69) is 66.6 Å². The van der Waals surface area contributed by atoms with Crippen molar-refractivity contribution >= 4 is 34.0 Å². The summed E-state index contributed by atoms with van der Waals surface area (Å²) in [6.45, 7) is 6.61. The summed E-state index contributed by atoms with van der Waals surface area (Å²) in [6.07, 6.45) is 0. The summed E-state index contributed by atoms with van der Waals surface area (Å²) in [7, 11) is 0. The van der Waals surface area contributed by atoms with Gasteiger partial charge >= 0.3 is 0 Å². The molecule has 0 spiro atoms. The Kier molecular flexibility index (Phi) is 2.41. The third-order valence-electron chi connectivity index (χ3n) is 3.12. The molecule has 74 valence electrons. The third-order valence-corrected chi connectivity index (χ3v) is 3.94. The van der Waals surface area contributed by atoms with Crippen LogP contribution >= 0.6 is 22.6 Å². The van der Waals surface area contributed by atoms with Crippen LogP contribution in [0.25, 0.3) is 0 Å². The smallest absolute Gasteiger partial charge is 0.0710 e. The molecule has 0 N–H and O–H groups in total. The maximum absolute atomic E-state index is 4.69. The molecule has 2 heteroatoms. The van der Waals surface area contributed by atoms with Gasteiger partial charge in [0.25, 0.3) is 0 Å². The van der Waals surface area contributed by atoms with Crippen LogP contribution in [0.1, 0.15) is 31.9 Å². The minimum absolute atomic E-state index is 0.122. The highest BCUT2D eigenvalue weighted by atomic mass is 127. The quantitative estimate of drug-likeness (QED) is 0.549. The van der Waals surface area contributed by atoms with Crippen molar-refractivity contribution in [2.24, 2.45) is 4.99 Å². The lowest BCUT2D eigenvalue weighted by atomic mass is 9.82. The normalized spacial score (nSPS) is 17.9. The van der Waals surface area contributed by atoms with Crippen LogP contribution < -0.4 is 0 Å². The SMILES string of the molecule is CC1=Nc2c(CI)cccc2C1(C)C. The van der Waals surface area contributed by atoms with E-state index >= 15 is 0 Å². The number of alkyl halides is 1. The number of hydrogen-bond acceptors (Lipinski definition) is 1. The second-order valence-corrected chi connectivity index (χ2v) is 5.03. The zero-order valence-corrected chi connectivity index (χ0v) is 10.9. The first-order valence-corrected chi connectivity index (χ1v) is 6.34. The number of nitrogens with zero attached hydrogens (tertiary/aromatic N) is 1. The molecule has 1 aromatic rings. The maximum atomic E-state index is 4.69. The molecule has 1 heterocycles. The fraction of sp³-hybridized carbons (Fsp3) is 0.417. The number of halogens is 1. The van der Waals surface area contributed by atoms with E-state index in [0.29, 0.717) is 0 Å². The molecular weight excluding hydrogens is 285 g/mol. The summed E-state index contributed by atoms with van der Waals surface area (Å²) < 4.78 is 1.04. The van der Waals surface area contributed by atoms with Gasteiger partial charge in [-0.2, -0.15) is 0 Å². The van der Waals surface area contributed by atoms with Crippen molar-refractivity contribution in [3.63, 3.8) is 0 Å². The fourth-order valence-electron chi connectivity index (χ4n) is 1.84. The molecule has 14 heavy (non-hydrogen) atoms. The van der Waals surface area contributed by atoms with Gasteiger partial charge in [0, 0.05) is 15.6 Å². The predicted octanol–water partition coefficient (Wildman–Crippen LogP) is 4.01. The van der Waals surface area contributed by atoms with Crippen LogP contribution in [0.4, 0.5) is 5.69 Å². The number of hydrogen-bond donors (Lipinski definition) is 0. The van der Waals surface area contributed by atoms with E-state index in [-0.39, 0.29) is 5.41 Å². The molecule has 1 aliphatic rings. The van der Waals surface area contributed by atoms with E-state index in [9.17, 15) is 0 Å². The molecule has 0 unspecified atom stereocenters. The summed E-state index contributed by atoms with van der Waals surface area (Å²) in [6, 6.07) is 6.51. The zero-order valence-electron chi connectivity index (χ0n) is 8.76. The van der Waals surface area contributed by atoms with E-state index in [4.69, 9.17) is 0 Å². The van der Waals surface area contributed by atoms with E-state index in [1.165, 1.54) is 22.5 Å². The van der Waals surface area contributed by atoms with Gasteiger partial charge in [0.05, 0.1) is 5.69 Å². The van der Waals surface area contributed by atoms with Crippen molar-refractivity contribution < 1.29 is 0 Å². The van der Waals surface area contributed by atoms with Gasteiger partial charge in [-0.05, 0) is 18.1 Å². The van der Waals surface area contributed by atoms with Gasteiger partial charge < -0.3 is 0 Å². The van der Waals surface area contributed by atoms with Gasteiger partial charge in [-0.25, -0.2) is 0 Å². The van der Waals surface area contributed by atoms with Gasteiger partial charge in [-0.3, -0.25) is 4.99 Å². The van der Waals surface area contributed by atoms with Crippen molar-refractivity contribution in [3.05, 3.63) is 29.3 Å². The molecule has 0 atom stereocenters. The van der Waals surface area contributed by atoms with Crippen molar-refractivity contribution in [3.8, 4) is 0 Å². The maximum Gasteiger partial charge on any atom is 0.0710 e. The molecule has 0 radical (unpaired) electrons. The van der Waals surface area contributed by atoms with Crippen molar-refractivity contribution in [2.45, 2.75) is 30.6 Å². The van der Waals surface area contributed by atoms with Crippen LogP contribution in [0, 0.1) is 0 Å². The van der Waals surface area contributed by atoms with Gasteiger partial charge in [0.1, 0.15) is 0 Å². The molecule has 0 aromatic heterocycles. The minimum atomic E-state index is 0.122. The lowest BCUT2D eigenvalue weighted by Gasteiger charge is -2.20. The van der Waals surface area contributed by atoms with Crippen LogP contribution in [0.5, 0.6) is 0 Å². The van der Waals surface area contributed by atoms with Crippen molar-refractivity contribution in [1.29, 1.82) is 0 Å². The molecule has 0 saturated heterocycles. The number of para-hydroxylation sites is 1. The minimum Gasteiger partial charge on any atom is -0.257 e. The third kappa shape index (κ3) is 1.31. The summed E-state index contributed by atoms with van der Waals surface area (Å²) in [5.74, 6) is 0. The molecule has 1 aliphatic heterocycles. The highest BCUT2D eigenvalue weighted by Crippen LogP contribution is 2.42. The van der Waals surface area contributed by atoms with Crippen molar-refractivity contribution in [1.82, 2.24) is 0 Å². The molecule has 0 saturated carbocycles. The Bertz CT molecular complexity index is 405. The Morgan fingerprint density at radius 1 is 1.36 bits per heavy atom. The Morgan fingerprint density at radius 2 is 2.07 bits per heavy atom. The molecule has 1 aromatic carbocycles. The van der Waals surface area contributed by atoms with Crippen LogP contribution in [0.2, 0.25) is 0 Å². The van der Waals surface area contributed by atoms with Crippen molar-refractivity contribution in [2.75, 3.05) is 0 Å². The molecule has 0 fully saturated rings. The second-order valence-electron chi connectivity index (χ2n) is 4.27. The second kappa shape index (κ2) is 3.33. The average Bonchev–Trinajstić information content (AvgIpc) is 2.39. The molecule has 2 rings (SSSR count). The summed E-state index contributed by atoms with van der Waals surface area (Å²) in [5.41, 5.74) is 5.29. The molecule has 0 aliphatic carbocycles. The number of fused-ring (bicyclic) bond motifs is 1. The Balaban J connectivity index is 2.66. The van der Waals surface area contributed by atoms with Crippen LogP contribution in [-0.2, 0) is 9.84 Å². The first-order chi connectivity index (χ1) is 6.57. The Labute approximate surface area is 98.8 Å². The van der Waals surface area contributed by atoms with E-state index < -0.39 is 0 Å². The lowest BCUT2D eigenvalue weighted by molar-refractivity contribution is 0.733. The standard InChI is InChI=1S/C12H14IN/c1-8-12(2,3)10-6-4-5-9(7-13)11(10)14-8/h4-6H,7H2,1-3H3. The first-order valence-electron chi connectivity index (χ1n) is 4.81. The van der Waals surface area contributed by atoms with Gasteiger partial charge in [-0.1, -0.05) is 54.6 Å². The summed E-state index contributed by atoms with van der Waals surface area (Å²) in [5, 5.41) is 0. The van der Waals surface area contributed by atoms with Gasteiger partial charge in [-0.15, -0.1) is 0 Å². The summed E-state index contributed by atoms with van der Waals surface area (Å²) in [4.78, 5) is 4.69. The van der Waals surface area contributed by atoms with Crippen LogP contribution in [0.3, 0.4) is 0 Å². The molecular formula is C12H14IN. The zero-order chi connectivity index (χ0) is 10.3. The monoisotopic (exact) mass is 299 g/mol. The largest absolute Gasteiger partial charge is 0.257 e. The fourth-order valence-corrected chi connectivity index (χ4v) is 2.45. The topological polar surface area (TPSA) is 12.4 Å². The molecule has 0 amide bonds. The summed E-state index contributed by atoms with van der Waals surface area (Å²) >= 11 is 2.40. The van der Waals surface area contributed by atoms with Gasteiger partial charge in [0.15, 0.2) is 0 Å². The van der Waals surface area contributed by atoms with Crippen LogP contribution in [0.15, 0.2) is 23.2 Å². The highest BCUT2D eigenvalue weighted by Gasteiger charge is 2.32. The lowest BCUT2D eigenvalue weighted by Crippen LogP contribution is -2.22. The highest BCUT2D eigenvalue weighted by molar-refractivity contribution is 14.1. The van der Waals surface area contributed by atoms with E-state index in [1.54, 1.807) is 0 Å². The molecule has 0 bridgehead atoms. The number of benzene rings is 1. The van der Waals surface area contributed by atoms with Gasteiger partial charge in [0.2, 0.25) is 0 Å². The Hall–Kier alpha value is -0.380. The van der Waals surface area contributed by atoms with Crippen LogP contribution in [-0.4, -0.2) is 5.71 Å². The number of rotatable bonds is 1. The Morgan fingerprint density at radius 3 is 2.71 bits per heavy atom. The predicted molar refractivity (Wildman–Crippen MR) is 70.0 cm³/mol.